The van der Waals surface area contributed by atoms with Gasteiger partial charge in [-0.25, -0.2) is 13.2 Å². The summed E-state index contributed by atoms with van der Waals surface area (Å²) in [6.45, 7) is 1.93. The molecular formula is C17H22N2O5S. The summed E-state index contributed by atoms with van der Waals surface area (Å²) >= 11 is 0. The smallest absolute Gasteiger partial charge is 0.322 e. The van der Waals surface area contributed by atoms with Crippen LogP contribution in [-0.4, -0.2) is 43.4 Å². The summed E-state index contributed by atoms with van der Waals surface area (Å²) in [7, 11) is -3.29. The lowest BCUT2D eigenvalue weighted by molar-refractivity contribution is 0.129. The first-order valence-corrected chi connectivity index (χ1v) is 9.75. The molecule has 0 unspecified atom stereocenters. The van der Waals surface area contributed by atoms with Gasteiger partial charge < -0.3 is 19.7 Å². The summed E-state index contributed by atoms with van der Waals surface area (Å²) in [6, 6.07) is 8.65. The minimum atomic E-state index is -3.29. The Kier molecular flexibility index (Phi) is 6.22. The molecular weight excluding hydrogens is 344 g/mol. The zero-order chi connectivity index (χ0) is 18.4. The molecule has 25 heavy (non-hydrogen) atoms. The molecule has 2 aromatic rings. The van der Waals surface area contributed by atoms with E-state index in [4.69, 9.17) is 4.42 Å². The molecule has 1 aromatic carbocycles. The van der Waals surface area contributed by atoms with Crippen LogP contribution in [0.5, 0.6) is 0 Å². The van der Waals surface area contributed by atoms with Crippen LogP contribution in [0.15, 0.2) is 52.0 Å². The Labute approximate surface area is 147 Å². The van der Waals surface area contributed by atoms with Gasteiger partial charge in [-0.15, -0.1) is 0 Å². The fourth-order valence-electron chi connectivity index (χ4n) is 2.37. The maximum Gasteiger partial charge on any atom is 0.322 e. The molecule has 0 aliphatic rings. The number of carbonyl (C=O) groups is 1. The lowest BCUT2D eigenvalue weighted by atomic mass is 10.2. The number of amides is 2. The number of sulfone groups is 1. The molecule has 1 aromatic heterocycles. The van der Waals surface area contributed by atoms with Crippen molar-refractivity contribution in [2.75, 3.05) is 18.2 Å². The van der Waals surface area contributed by atoms with E-state index in [2.05, 4.69) is 5.32 Å². The highest BCUT2D eigenvalue weighted by atomic mass is 32.2. The summed E-state index contributed by atoms with van der Waals surface area (Å²) < 4.78 is 28.3. The van der Waals surface area contributed by atoms with Crippen LogP contribution in [0.1, 0.15) is 19.1 Å². The number of benzene rings is 1. The van der Waals surface area contributed by atoms with Crippen molar-refractivity contribution in [2.45, 2.75) is 30.8 Å². The number of furan rings is 1. The first-order chi connectivity index (χ1) is 11.8. The van der Waals surface area contributed by atoms with E-state index in [0.717, 1.165) is 6.26 Å². The van der Waals surface area contributed by atoms with Crippen LogP contribution in [0.3, 0.4) is 0 Å². The van der Waals surface area contributed by atoms with Crippen molar-refractivity contribution in [1.82, 2.24) is 4.90 Å². The number of carbonyl (C=O) groups excluding carboxylic acids is 1. The van der Waals surface area contributed by atoms with Crippen LogP contribution in [0, 0.1) is 0 Å². The molecule has 0 bridgehead atoms. The summed E-state index contributed by atoms with van der Waals surface area (Å²) in [5.74, 6) is 0.606. The minimum absolute atomic E-state index is 0.169. The third-order valence-electron chi connectivity index (χ3n) is 3.82. The first kappa shape index (κ1) is 19.0. The van der Waals surface area contributed by atoms with Gasteiger partial charge in [-0.1, -0.05) is 6.92 Å². The van der Waals surface area contributed by atoms with Gasteiger partial charge in [0.2, 0.25) is 0 Å². The van der Waals surface area contributed by atoms with Crippen molar-refractivity contribution in [3.8, 4) is 0 Å². The van der Waals surface area contributed by atoms with E-state index in [1.54, 1.807) is 12.1 Å². The third-order valence-corrected chi connectivity index (χ3v) is 4.95. The van der Waals surface area contributed by atoms with Gasteiger partial charge >= 0.3 is 6.03 Å². The van der Waals surface area contributed by atoms with Gasteiger partial charge in [0.15, 0.2) is 9.84 Å². The summed E-state index contributed by atoms with van der Waals surface area (Å²) in [4.78, 5) is 14.3. The number of hydrogen-bond donors (Lipinski definition) is 2. The fourth-order valence-corrected chi connectivity index (χ4v) is 3.00. The molecule has 1 atom stereocenters. The van der Waals surface area contributed by atoms with Crippen molar-refractivity contribution >= 4 is 21.6 Å². The second kappa shape index (κ2) is 8.17. The largest absolute Gasteiger partial charge is 0.467 e. The second-order valence-corrected chi connectivity index (χ2v) is 7.69. The summed E-state index contributed by atoms with van der Waals surface area (Å²) in [5, 5.41) is 12.3. The first-order valence-electron chi connectivity index (χ1n) is 7.86. The number of aliphatic hydroxyl groups excluding tert-OH is 1. The zero-order valence-corrected chi connectivity index (χ0v) is 15.0. The number of aliphatic hydroxyl groups is 1. The molecule has 136 valence electrons. The highest BCUT2D eigenvalue weighted by Gasteiger charge is 2.23. The van der Waals surface area contributed by atoms with Gasteiger partial charge in [-0.05, 0) is 42.8 Å². The van der Waals surface area contributed by atoms with Crippen LogP contribution in [0.25, 0.3) is 0 Å². The fraction of sp³-hybridized carbons (Fsp3) is 0.353. The normalized spacial score (nSPS) is 12.6. The van der Waals surface area contributed by atoms with E-state index in [1.165, 1.54) is 35.4 Å². The predicted molar refractivity (Wildman–Crippen MR) is 94.0 cm³/mol. The molecule has 8 heteroatoms. The van der Waals surface area contributed by atoms with Crippen molar-refractivity contribution in [1.29, 1.82) is 0 Å². The lowest BCUT2D eigenvalue weighted by Crippen LogP contribution is -2.44. The predicted octanol–water partition coefficient (Wildman–Crippen LogP) is 2.49. The summed E-state index contributed by atoms with van der Waals surface area (Å²) in [6.07, 6.45) is 3.23. The number of nitrogens with zero attached hydrogens (tertiary/aromatic N) is 1. The third kappa shape index (κ3) is 5.07. The Morgan fingerprint density at radius 3 is 2.44 bits per heavy atom. The quantitative estimate of drug-likeness (QED) is 0.784. The van der Waals surface area contributed by atoms with Crippen molar-refractivity contribution in [3.05, 3.63) is 48.4 Å². The summed E-state index contributed by atoms with van der Waals surface area (Å²) in [5.41, 5.74) is 0.467. The average molecular weight is 366 g/mol. The molecule has 0 saturated heterocycles. The van der Waals surface area contributed by atoms with Gasteiger partial charge in [0.05, 0.1) is 30.4 Å². The SMILES string of the molecule is CC[C@@H](CO)N(Cc1ccco1)C(=O)Nc1ccc(S(C)(=O)=O)cc1. The molecule has 0 fully saturated rings. The molecule has 2 rings (SSSR count). The number of rotatable bonds is 7. The second-order valence-electron chi connectivity index (χ2n) is 5.68. The molecule has 1 heterocycles. The highest BCUT2D eigenvalue weighted by molar-refractivity contribution is 7.90. The Bertz CT molecular complexity index is 781. The Balaban J connectivity index is 2.15. The van der Waals surface area contributed by atoms with Crippen molar-refractivity contribution < 1.29 is 22.7 Å². The topological polar surface area (TPSA) is 99.8 Å². The van der Waals surface area contributed by atoms with E-state index in [9.17, 15) is 18.3 Å². The average Bonchev–Trinajstić information content (AvgIpc) is 3.08. The standard InChI is InChI=1S/C17H22N2O5S/c1-3-14(12-20)19(11-15-5-4-10-24-15)17(21)18-13-6-8-16(9-7-13)25(2,22)23/h4-10,14,20H,3,11-12H2,1-2H3,(H,18,21)/t14-/m0/s1. The maximum atomic E-state index is 12.6. The molecule has 0 radical (unpaired) electrons. The van der Waals surface area contributed by atoms with E-state index >= 15 is 0 Å². The van der Waals surface area contributed by atoms with Gasteiger partial charge in [0.25, 0.3) is 0 Å². The Morgan fingerprint density at radius 1 is 1.28 bits per heavy atom. The van der Waals surface area contributed by atoms with Crippen molar-refractivity contribution in [2.24, 2.45) is 0 Å². The molecule has 0 saturated carbocycles. The highest BCUT2D eigenvalue weighted by Crippen LogP contribution is 2.17. The van der Waals surface area contributed by atoms with Crippen molar-refractivity contribution in [3.63, 3.8) is 0 Å². The monoisotopic (exact) mass is 366 g/mol. The van der Waals surface area contributed by atoms with Gasteiger partial charge in [0, 0.05) is 11.9 Å². The van der Waals surface area contributed by atoms with E-state index in [0.29, 0.717) is 17.9 Å². The van der Waals surface area contributed by atoms with E-state index in [1.807, 2.05) is 6.92 Å². The Hall–Kier alpha value is -2.32. The van der Waals surface area contributed by atoms with Crippen LogP contribution < -0.4 is 5.32 Å². The molecule has 0 spiro atoms. The van der Waals surface area contributed by atoms with Crippen LogP contribution in [0.4, 0.5) is 10.5 Å². The van der Waals surface area contributed by atoms with Crippen LogP contribution in [-0.2, 0) is 16.4 Å². The minimum Gasteiger partial charge on any atom is -0.467 e. The van der Waals surface area contributed by atoms with Gasteiger partial charge in [-0.2, -0.15) is 0 Å². The molecule has 0 aliphatic heterocycles. The zero-order valence-electron chi connectivity index (χ0n) is 14.2. The molecule has 7 nitrogen and oxygen atoms in total. The van der Waals surface area contributed by atoms with Crippen LogP contribution >= 0.6 is 0 Å². The van der Waals surface area contributed by atoms with E-state index < -0.39 is 15.9 Å². The number of anilines is 1. The Morgan fingerprint density at radius 2 is 1.96 bits per heavy atom. The van der Waals surface area contributed by atoms with Crippen LogP contribution in [0.2, 0.25) is 0 Å². The molecule has 2 amide bonds. The number of urea groups is 1. The maximum absolute atomic E-state index is 12.6. The number of hydrogen-bond acceptors (Lipinski definition) is 5. The molecule has 2 N–H and O–H groups in total. The molecule has 0 aliphatic carbocycles. The lowest BCUT2D eigenvalue weighted by Gasteiger charge is -2.29. The number of nitrogens with one attached hydrogen (secondary N) is 1. The van der Waals surface area contributed by atoms with Gasteiger partial charge in [-0.3, -0.25) is 0 Å². The van der Waals surface area contributed by atoms with Gasteiger partial charge in [0.1, 0.15) is 5.76 Å². The van der Waals surface area contributed by atoms with E-state index in [-0.39, 0.29) is 24.1 Å².